The fourth-order valence-electron chi connectivity index (χ4n) is 3.43. The zero-order valence-electron chi connectivity index (χ0n) is 17.7. The Morgan fingerprint density at radius 3 is 2.34 bits per heavy atom. The highest BCUT2D eigenvalue weighted by Crippen LogP contribution is 2.28. The number of carbonyl (C=O) groups excluding carboxylic acids is 2. The summed E-state index contributed by atoms with van der Waals surface area (Å²) < 4.78 is 0. The zero-order valence-corrected chi connectivity index (χ0v) is 17.7. The Kier molecular flexibility index (Phi) is 6.89. The number of aliphatic hydroxyl groups is 1. The van der Waals surface area contributed by atoms with Gasteiger partial charge in [0.15, 0.2) is 0 Å². The third kappa shape index (κ3) is 5.06. The Labute approximate surface area is 171 Å². The third-order valence-electron chi connectivity index (χ3n) is 5.51. The number of hydrogen-bond acceptors (Lipinski definition) is 4. The number of benzene rings is 1. The van der Waals surface area contributed by atoms with Crippen molar-refractivity contribution in [1.82, 2.24) is 15.1 Å². The van der Waals surface area contributed by atoms with Gasteiger partial charge in [-0.3, -0.25) is 14.5 Å². The average Bonchev–Trinajstić information content (AvgIpc) is 2.67. The summed E-state index contributed by atoms with van der Waals surface area (Å²) in [7, 11) is 1.31. The second-order valence-electron chi connectivity index (χ2n) is 8.65. The topological polar surface area (TPSA) is 110 Å². The molecule has 0 spiro atoms. The van der Waals surface area contributed by atoms with E-state index in [0.29, 0.717) is 13.0 Å². The molecule has 1 aliphatic heterocycles. The number of fused-ring (bicyclic) bond motifs is 1. The van der Waals surface area contributed by atoms with Crippen LogP contribution < -0.4 is 5.32 Å². The molecule has 1 aromatic rings. The van der Waals surface area contributed by atoms with Crippen molar-refractivity contribution in [3.8, 4) is 0 Å². The van der Waals surface area contributed by atoms with Crippen LogP contribution >= 0.6 is 0 Å². The van der Waals surface area contributed by atoms with Crippen molar-refractivity contribution in [2.45, 2.75) is 58.8 Å². The molecular formula is C21H31N3O5. The molecule has 8 nitrogen and oxygen atoms in total. The van der Waals surface area contributed by atoms with E-state index in [9.17, 15) is 19.5 Å². The minimum absolute atomic E-state index is 0.178. The molecule has 1 heterocycles. The van der Waals surface area contributed by atoms with Gasteiger partial charge in [-0.05, 0) is 29.9 Å². The van der Waals surface area contributed by atoms with E-state index in [4.69, 9.17) is 5.11 Å². The fourth-order valence-corrected chi connectivity index (χ4v) is 3.43. The van der Waals surface area contributed by atoms with Gasteiger partial charge >= 0.3 is 6.09 Å². The van der Waals surface area contributed by atoms with Crippen LogP contribution in [0.2, 0.25) is 0 Å². The number of nitrogens with one attached hydrogen (secondary N) is 1. The molecule has 2 rings (SSSR count). The van der Waals surface area contributed by atoms with Gasteiger partial charge in [0.25, 0.3) is 0 Å². The Bertz CT molecular complexity index is 774. The lowest BCUT2D eigenvalue weighted by molar-refractivity contribution is -0.144. The zero-order chi connectivity index (χ0) is 21.9. The predicted octanol–water partition coefficient (Wildman–Crippen LogP) is 1.46. The van der Waals surface area contributed by atoms with Crippen LogP contribution in [0.3, 0.4) is 0 Å². The first-order valence-corrected chi connectivity index (χ1v) is 9.71. The van der Waals surface area contributed by atoms with Crippen LogP contribution in [-0.2, 0) is 22.6 Å². The molecule has 0 radical (unpaired) electrons. The number of aliphatic hydroxyl groups excluding tert-OH is 1. The van der Waals surface area contributed by atoms with E-state index in [0.717, 1.165) is 16.0 Å². The van der Waals surface area contributed by atoms with Crippen LogP contribution in [0.4, 0.5) is 4.79 Å². The van der Waals surface area contributed by atoms with Crippen LogP contribution in [-0.4, -0.2) is 69.7 Å². The van der Waals surface area contributed by atoms with Gasteiger partial charge < -0.3 is 20.4 Å². The maximum absolute atomic E-state index is 13.5. The lowest BCUT2D eigenvalue weighted by Gasteiger charge is -2.41. The predicted molar refractivity (Wildman–Crippen MR) is 108 cm³/mol. The van der Waals surface area contributed by atoms with Crippen molar-refractivity contribution in [2.24, 2.45) is 5.41 Å². The summed E-state index contributed by atoms with van der Waals surface area (Å²) in [6.07, 6.45) is -0.680. The summed E-state index contributed by atoms with van der Waals surface area (Å²) in [5.41, 5.74) is 1.51. The SMILES string of the molecule is CC(C(=O)NC(C(=O)N1Cc2ccccc2CC1CO)C(C)(C)C)N(C)C(=O)O. The molecular weight excluding hydrogens is 374 g/mol. The Morgan fingerprint density at radius 1 is 1.24 bits per heavy atom. The molecule has 160 valence electrons. The van der Waals surface area contributed by atoms with Crippen LogP contribution in [0.25, 0.3) is 0 Å². The van der Waals surface area contributed by atoms with Crippen LogP contribution in [0.5, 0.6) is 0 Å². The standard InChI is InChI=1S/C21H31N3O5/c1-13(23(5)20(28)29)18(26)22-17(21(2,3)4)19(27)24-11-15-9-7-6-8-14(15)10-16(24)12-25/h6-9,13,16-17,25H,10-12H2,1-5H3,(H,22,26)(H,28,29). The summed E-state index contributed by atoms with van der Waals surface area (Å²) in [6.45, 7) is 7.17. The second kappa shape index (κ2) is 8.82. The number of amides is 3. The van der Waals surface area contributed by atoms with E-state index in [1.54, 1.807) is 4.90 Å². The molecule has 0 aromatic heterocycles. The molecule has 29 heavy (non-hydrogen) atoms. The third-order valence-corrected chi connectivity index (χ3v) is 5.51. The van der Waals surface area contributed by atoms with E-state index in [-0.39, 0.29) is 18.6 Å². The van der Waals surface area contributed by atoms with Crippen LogP contribution in [0.15, 0.2) is 24.3 Å². The van der Waals surface area contributed by atoms with Gasteiger partial charge in [0.2, 0.25) is 11.8 Å². The number of nitrogens with zero attached hydrogens (tertiary/aromatic N) is 2. The Hall–Kier alpha value is -2.61. The van der Waals surface area contributed by atoms with Gasteiger partial charge in [0, 0.05) is 13.6 Å². The van der Waals surface area contributed by atoms with E-state index in [1.165, 1.54) is 14.0 Å². The van der Waals surface area contributed by atoms with Gasteiger partial charge in [-0.2, -0.15) is 0 Å². The molecule has 3 N–H and O–H groups in total. The second-order valence-corrected chi connectivity index (χ2v) is 8.65. The first-order chi connectivity index (χ1) is 13.5. The lowest BCUT2D eigenvalue weighted by atomic mass is 9.84. The monoisotopic (exact) mass is 405 g/mol. The highest BCUT2D eigenvalue weighted by Gasteiger charge is 2.40. The lowest BCUT2D eigenvalue weighted by Crippen LogP contribution is -2.60. The van der Waals surface area contributed by atoms with E-state index >= 15 is 0 Å². The van der Waals surface area contributed by atoms with E-state index in [1.807, 2.05) is 45.0 Å². The Morgan fingerprint density at radius 2 is 1.83 bits per heavy atom. The number of carboxylic acid groups (broad SMARTS) is 1. The van der Waals surface area contributed by atoms with Crippen molar-refractivity contribution < 1.29 is 24.6 Å². The first kappa shape index (κ1) is 22.7. The molecule has 0 aliphatic carbocycles. The number of carbonyl (C=O) groups is 3. The highest BCUT2D eigenvalue weighted by molar-refractivity contribution is 5.91. The molecule has 3 unspecified atom stereocenters. The molecule has 1 aromatic carbocycles. The number of likely N-dealkylation sites (N-methyl/N-ethyl adjacent to an activating group) is 1. The minimum atomic E-state index is -1.22. The average molecular weight is 405 g/mol. The summed E-state index contributed by atoms with van der Waals surface area (Å²) in [6, 6.07) is 5.61. The summed E-state index contributed by atoms with van der Waals surface area (Å²) in [5.74, 6) is -0.828. The fraction of sp³-hybridized carbons (Fsp3) is 0.571. The molecule has 8 heteroatoms. The minimum Gasteiger partial charge on any atom is -0.465 e. The normalized spacial score (nSPS) is 18.4. The largest absolute Gasteiger partial charge is 0.465 e. The number of hydrogen-bond donors (Lipinski definition) is 3. The van der Waals surface area contributed by atoms with Crippen molar-refractivity contribution in [1.29, 1.82) is 0 Å². The van der Waals surface area contributed by atoms with Gasteiger partial charge in [-0.15, -0.1) is 0 Å². The maximum Gasteiger partial charge on any atom is 0.407 e. The van der Waals surface area contributed by atoms with Gasteiger partial charge in [0.1, 0.15) is 12.1 Å². The molecule has 0 bridgehead atoms. The van der Waals surface area contributed by atoms with Gasteiger partial charge in [0.05, 0.1) is 12.6 Å². The molecule has 0 fully saturated rings. The van der Waals surface area contributed by atoms with Crippen LogP contribution in [0.1, 0.15) is 38.8 Å². The molecule has 3 amide bonds. The summed E-state index contributed by atoms with van der Waals surface area (Å²) in [5, 5.41) is 21.7. The molecule has 0 saturated heterocycles. The van der Waals surface area contributed by atoms with E-state index in [2.05, 4.69) is 5.32 Å². The van der Waals surface area contributed by atoms with E-state index < -0.39 is 29.5 Å². The van der Waals surface area contributed by atoms with Crippen LogP contribution in [0, 0.1) is 5.41 Å². The van der Waals surface area contributed by atoms with Crippen molar-refractivity contribution in [3.63, 3.8) is 0 Å². The van der Waals surface area contributed by atoms with Crippen molar-refractivity contribution in [2.75, 3.05) is 13.7 Å². The summed E-state index contributed by atoms with van der Waals surface area (Å²) in [4.78, 5) is 39.8. The smallest absolute Gasteiger partial charge is 0.407 e. The van der Waals surface area contributed by atoms with Gasteiger partial charge in [-0.25, -0.2) is 4.79 Å². The first-order valence-electron chi connectivity index (χ1n) is 9.71. The molecule has 1 aliphatic rings. The van der Waals surface area contributed by atoms with Crippen molar-refractivity contribution >= 4 is 17.9 Å². The quantitative estimate of drug-likeness (QED) is 0.687. The molecule has 0 saturated carbocycles. The highest BCUT2D eigenvalue weighted by atomic mass is 16.4. The maximum atomic E-state index is 13.5. The molecule has 3 atom stereocenters. The summed E-state index contributed by atoms with van der Waals surface area (Å²) >= 11 is 0. The van der Waals surface area contributed by atoms with Crippen molar-refractivity contribution in [3.05, 3.63) is 35.4 Å². The Balaban J connectivity index is 2.27. The van der Waals surface area contributed by atoms with Gasteiger partial charge in [-0.1, -0.05) is 45.0 Å². The number of rotatable bonds is 5.